The van der Waals surface area contributed by atoms with Crippen molar-refractivity contribution in [2.75, 3.05) is 19.7 Å². The molecule has 2 aromatic rings. The summed E-state index contributed by atoms with van der Waals surface area (Å²) in [6.45, 7) is 2.99. The number of aromatic amines is 1. The van der Waals surface area contributed by atoms with Crippen LogP contribution in [0.25, 0.3) is 0 Å². The number of nitrogens with zero attached hydrogens (tertiary/aromatic N) is 2. The van der Waals surface area contributed by atoms with Gasteiger partial charge < -0.3 is 14.6 Å². The van der Waals surface area contributed by atoms with Crippen LogP contribution in [0.3, 0.4) is 0 Å². The summed E-state index contributed by atoms with van der Waals surface area (Å²) in [5.74, 6) is -0.949. The van der Waals surface area contributed by atoms with Crippen LogP contribution in [0.2, 0.25) is 0 Å². The van der Waals surface area contributed by atoms with Crippen LogP contribution in [0.4, 0.5) is 0 Å². The zero-order valence-electron chi connectivity index (χ0n) is 14.7. The number of nitrogens with one attached hydrogen (secondary N) is 1. The van der Waals surface area contributed by atoms with Crippen molar-refractivity contribution in [1.82, 2.24) is 14.9 Å². The van der Waals surface area contributed by atoms with Gasteiger partial charge in [0.2, 0.25) is 5.78 Å². The fourth-order valence-corrected chi connectivity index (χ4v) is 2.82. The monoisotopic (exact) mass is 355 g/mol. The summed E-state index contributed by atoms with van der Waals surface area (Å²) in [7, 11) is 0. The fraction of sp³-hybridized carbons (Fsp3) is 0.368. The van der Waals surface area contributed by atoms with Crippen LogP contribution in [0.5, 0.6) is 0 Å². The van der Waals surface area contributed by atoms with Crippen molar-refractivity contribution in [3.63, 3.8) is 0 Å². The Morgan fingerprint density at radius 3 is 2.69 bits per heavy atom. The number of ether oxygens (including phenoxy) is 1. The highest BCUT2D eigenvalue weighted by Gasteiger charge is 2.22. The Morgan fingerprint density at radius 2 is 2.00 bits per heavy atom. The first-order valence-electron chi connectivity index (χ1n) is 8.61. The lowest BCUT2D eigenvalue weighted by Gasteiger charge is -2.13. The van der Waals surface area contributed by atoms with E-state index < -0.39 is 5.97 Å². The van der Waals surface area contributed by atoms with Crippen molar-refractivity contribution in [2.45, 2.75) is 26.2 Å². The number of ketones is 1. The third kappa shape index (κ3) is 4.36. The number of carbonyl (C=O) groups is 3. The normalized spacial score (nSPS) is 13.7. The lowest BCUT2D eigenvalue weighted by molar-refractivity contribution is -0.141. The molecular formula is C19H21N3O4. The molecule has 3 heterocycles. The predicted octanol–water partition coefficient (Wildman–Crippen LogP) is 1.92. The van der Waals surface area contributed by atoms with Gasteiger partial charge in [-0.25, -0.2) is 0 Å². The van der Waals surface area contributed by atoms with Crippen LogP contribution in [0.1, 0.15) is 44.9 Å². The number of hydrogen-bond acceptors (Lipinski definition) is 5. The molecule has 0 unspecified atom stereocenters. The Hall–Kier alpha value is -2.96. The van der Waals surface area contributed by atoms with E-state index in [1.165, 1.54) is 12.3 Å². The SMILES string of the molecule is Cc1ccc(CC(=O)OCC(=O)c2c[nH]c(C(=O)N3CCCC3)c2)cn1. The van der Waals surface area contributed by atoms with Crippen molar-refractivity contribution in [1.29, 1.82) is 0 Å². The van der Waals surface area contributed by atoms with E-state index in [0.29, 0.717) is 11.3 Å². The van der Waals surface area contributed by atoms with Gasteiger partial charge in [0.25, 0.3) is 5.91 Å². The average Bonchev–Trinajstić information content (AvgIpc) is 3.33. The number of aromatic nitrogens is 2. The minimum atomic E-state index is -0.493. The second-order valence-electron chi connectivity index (χ2n) is 6.37. The molecule has 1 aliphatic heterocycles. The van der Waals surface area contributed by atoms with Gasteiger partial charge in [0.1, 0.15) is 5.69 Å². The van der Waals surface area contributed by atoms with Crippen LogP contribution in [-0.2, 0) is 16.0 Å². The van der Waals surface area contributed by atoms with Gasteiger partial charge in [0.05, 0.1) is 6.42 Å². The molecule has 7 nitrogen and oxygen atoms in total. The van der Waals surface area contributed by atoms with E-state index in [1.807, 2.05) is 13.0 Å². The topological polar surface area (TPSA) is 92.4 Å². The summed E-state index contributed by atoms with van der Waals surface area (Å²) in [4.78, 5) is 45.0. The number of amides is 1. The van der Waals surface area contributed by atoms with Gasteiger partial charge in [-0.1, -0.05) is 6.07 Å². The third-order valence-corrected chi connectivity index (χ3v) is 4.31. The molecule has 7 heteroatoms. The highest BCUT2D eigenvalue weighted by atomic mass is 16.5. The molecule has 0 spiro atoms. The minimum absolute atomic E-state index is 0.0619. The molecule has 0 aliphatic carbocycles. The molecular weight excluding hydrogens is 334 g/mol. The van der Waals surface area contributed by atoms with Crippen molar-refractivity contribution in [2.24, 2.45) is 0 Å². The Balaban J connectivity index is 1.51. The Kier molecular flexibility index (Phi) is 5.46. The lowest BCUT2D eigenvalue weighted by Crippen LogP contribution is -2.27. The molecule has 0 atom stereocenters. The number of rotatable bonds is 6. The molecule has 3 rings (SSSR count). The average molecular weight is 355 g/mol. The van der Waals surface area contributed by atoms with E-state index in [2.05, 4.69) is 9.97 Å². The zero-order valence-corrected chi connectivity index (χ0v) is 14.7. The van der Waals surface area contributed by atoms with Gasteiger partial charge in [-0.3, -0.25) is 19.4 Å². The van der Waals surface area contributed by atoms with Crippen LogP contribution in [0, 0.1) is 6.92 Å². The largest absolute Gasteiger partial charge is 0.457 e. The molecule has 2 aromatic heterocycles. The Bertz CT molecular complexity index is 804. The number of Topliss-reactive ketones (excluding diaryl/α,β-unsaturated/α-hetero) is 1. The second-order valence-corrected chi connectivity index (χ2v) is 6.37. The molecule has 0 radical (unpaired) electrons. The second kappa shape index (κ2) is 7.95. The number of esters is 1. The number of aryl methyl sites for hydroxylation is 1. The maximum absolute atomic E-state index is 12.3. The maximum atomic E-state index is 12.3. The first-order valence-corrected chi connectivity index (χ1v) is 8.61. The highest BCUT2D eigenvalue weighted by molar-refractivity contribution is 6.01. The molecule has 0 aromatic carbocycles. The van der Waals surface area contributed by atoms with E-state index in [-0.39, 0.29) is 24.7 Å². The van der Waals surface area contributed by atoms with E-state index in [4.69, 9.17) is 4.74 Å². The van der Waals surface area contributed by atoms with E-state index >= 15 is 0 Å². The zero-order chi connectivity index (χ0) is 18.5. The first-order chi connectivity index (χ1) is 12.5. The van der Waals surface area contributed by atoms with Crippen LogP contribution >= 0.6 is 0 Å². The maximum Gasteiger partial charge on any atom is 0.310 e. The van der Waals surface area contributed by atoms with Crippen molar-refractivity contribution < 1.29 is 19.1 Å². The Labute approximate surface area is 151 Å². The summed E-state index contributed by atoms with van der Waals surface area (Å²) in [5.41, 5.74) is 2.31. The highest BCUT2D eigenvalue weighted by Crippen LogP contribution is 2.13. The Morgan fingerprint density at radius 1 is 1.23 bits per heavy atom. The van der Waals surface area contributed by atoms with Gasteiger partial charge in [-0.2, -0.15) is 0 Å². The molecule has 26 heavy (non-hydrogen) atoms. The summed E-state index contributed by atoms with van der Waals surface area (Å²) < 4.78 is 5.04. The molecule has 1 N–H and O–H groups in total. The van der Waals surface area contributed by atoms with Crippen LogP contribution in [-0.4, -0.2) is 52.2 Å². The fourth-order valence-electron chi connectivity index (χ4n) is 2.82. The summed E-state index contributed by atoms with van der Waals surface area (Å²) >= 11 is 0. The van der Waals surface area contributed by atoms with E-state index in [9.17, 15) is 14.4 Å². The molecule has 1 saturated heterocycles. The lowest BCUT2D eigenvalue weighted by atomic mass is 10.2. The standard InChI is InChI=1S/C19H21N3O4/c1-13-4-5-14(10-20-13)8-18(24)26-12-17(23)15-9-16(21-11-15)19(25)22-6-2-3-7-22/h4-5,9-11,21H,2-3,6-8,12H2,1H3. The molecule has 1 fully saturated rings. The van der Waals surface area contributed by atoms with Gasteiger partial charge in [-0.15, -0.1) is 0 Å². The first kappa shape index (κ1) is 17.8. The number of pyridine rings is 1. The summed E-state index contributed by atoms with van der Waals surface area (Å²) in [5, 5.41) is 0. The van der Waals surface area contributed by atoms with Gasteiger partial charge in [0.15, 0.2) is 6.61 Å². The number of hydrogen-bond donors (Lipinski definition) is 1. The third-order valence-electron chi connectivity index (χ3n) is 4.31. The van der Waals surface area contributed by atoms with Crippen molar-refractivity contribution in [3.8, 4) is 0 Å². The van der Waals surface area contributed by atoms with E-state index in [1.54, 1.807) is 17.2 Å². The molecule has 1 aliphatic rings. The number of carbonyl (C=O) groups excluding carboxylic acids is 3. The van der Waals surface area contributed by atoms with Crippen LogP contribution in [0.15, 0.2) is 30.6 Å². The van der Waals surface area contributed by atoms with Crippen molar-refractivity contribution in [3.05, 3.63) is 53.1 Å². The molecule has 0 bridgehead atoms. The van der Waals surface area contributed by atoms with Gasteiger partial charge >= 0.3 is 5.97 Å². The van der Waals surface area contributed by atoms with Crippen molar-refractivity contribution >= 4 is 17.7 Å². The molecule has 0 saturated carbocycles. The molecule has 136 valence electrons. The van der Waals surface area contributed by atoms with Crippen LogP contribution < -0.4 is 0 Å². The summed E-state index contributed by atoms with van der Waals surface area (Å²) in [6, 6.07) is 5.13. The number of H-pyrrole nitrogens is 1. The summed E-state index contributed by atoms with van der Waals surface area (Å²) in [6.07, 6.45) is 5.16. The van der Waals surface area contributed by atoms with Gasteiger partial charge in [0, 0.05) is 36.7 Å². The van der Waals surface area contributed by atoms with E-state index in [0.717, 1.165) is 37.2 Å². The minimum Gasteiger partial charge on any atom is -0.457 e. The van der Waals surface area contributed by atoms with Gasteiger partial charge in [-0.05, 0) is 37.5 Å². The smallest absolute Gasteiger partial charge is 0.310 e. The predicted molar refractivity (Wildman–Crippen MR) is 93.9 cm³/mol. The molecule has 1 amide bonds. The number of likely N-dealkylation sites (tertiary alicyclic amines) is 1. The quantitative estimate of drug-likeness (QED) is 0.631.